The molecule has 0 bridgehead atoms. The van der Waals surface area contributed by atoms with Gasteiger partial charge in [0.25, 0.3) is 20.2 Å². The molecule has 0 aromatic carbocycles. The number of azo groups is 3. The van der Waals surface area contributed by atoms with E-state index in [-0.39, 0.29) is 60.9 Å². The van der Waals surface area contributed by atoms with Crippen LogP contribution in [0, 0.1) is 17.8 Å². The van der Waals surface area contributed by atoms with E-state index in [9.17, 15) is 41.3 Å². The predicted octanol–water partition coefficient (Wildman–Crippen LogP) is 3.55. The summed E-state index contributed by atoms with van der Waals surface area (Å²) in [6, 6.07) is -2.19. The SMILES string of the molecule is CC1CC(N=NC2C(O)C3CCC(N=NC4CCC(O)CC4)CC3CC2S(=O)(=O)O)C(O)CC1N=NC1CCC(S(=O)(=O)O)CC1. The zero-order valence-corrected chi connectivity index (χ0v) is 28.0. The number of hydrogen-bond donors (Lipinski definition) is 5. The van der Waals surface area contributed by atoms with Crippen LogP contribution in [-0.4, -0.2) is 106 Å². The maximum absolute atomic E-state index is 12.5. The second kappa shape index (κ2) is 14.9. The maximum Gasteiger partial charge on any atom is 0.270 e. The van der Waals surface area contributed by atoms with Gasteiger partial charge in [0.05, 0.1) is 53.8 Å². The Balaban J connectivity index is 1.17. The van der Waals surface area contributed by atoms with E-state index in [1.165, 1.54) is 0 Å². The molecule has 5 aliphatic carbocycles. The second-order valence-corrected chi connectivity index (χ2v) is 17.7. The van der Waals surface area contributed by atoms with Crippen LogP contribution in [0.5, 0.6) is 0 Å². The van der Waals surface area contributed by atoms with Gasteiger partial charge in [-0.3, -0.25) is 9.11 Å². The van der Waals surface area contributed by atoms with Crippen molar-refractivity contribution in [2.45, 2.75) is 162 Å². The fourth-order valence-corrected chi connectivity index (χ4v) is 10.1. The number of hydrogen-bond acceptors (Lipinski definition) is 13. The Labute approximate surface area is 271 Å². The Morgan fingerprint density at radius 1 is 0.565 bits per heavy atom. The van der Waals surface area contributed by atoms with Crippen molar-refractivity contribution in [2.24, 2.45) is 48.4 Å². The van der Waals surface area contributed by atoms with E-state index in [1.807, 2.05) is 6.92 Å². The topological polar surface area (TPSA) is 244 Å². The van der Waals surface area contributed by atoms with Crippen molar-refractivity contribution in [2.75, 3.05) is 0 Å². The molecule has 15 nitrogen and oxygen atoms in total. The number of aliphatic hydroxyl groups is 3. The quantitative estimate of drug-likeness (QED) is 0.184. The molecule has 10 atom stereocenters. The second-order valence-electron chi connectivity index (χ2n) is 14.4. The predicted molar refractivity (Wildman–Crippen MR) is 167 cm³/mol. The lowest BCUT2D eigenvalue weighted by atomic mass is 9.66. The molecule has 46 heavy (non-hydrogen) atoms. The van der Waals surface area contributed by atoms with Crippen molar-refractivity contribution >= 4 is 20.2 Å². The number of rotatable bonds is 8. The highest BCUT2D eigenvalue weighted by atomic mass is 32.2. The highest BCUT2D eigenvalue weighted by molar-refractivity contribution is 7.86. The van der Waals surface area contributed by atoms with Crippen molar-refractivity contribution in [3.63, 3.8) is 0 Å². The number of nitrogens with zero attached hydrogens (tertiary/aromatic N) is 6. The average Bonchev–Trinajstić information content (AvgIpc) is 3.00. The molecule has 5 rings (SSSR count). The van der Waals surface area contributed by atoms with Crippen LogP contribution in [0.4, 0.5) is 0 Å². The Kier molecular flexibility index (Phi) is 11.6. The minimum atomic E-state index is -4.56. The maximum atomic E-state index is 12.5. The minimum Gasteiger partial charge on any atom is -0.393 e. The largest absolute Gasteiger partial charge is 0.393 e. The van der Waals surface area contributed by atoms with Crippen LogP contribution in [0.25, 0.3) is 0 Å². The Hall–Kier alpha value is -1.50. The summed E-state index contributed by atoms with van der Waals surface area (Å²) in [7, 11) is -8.61. The molecule has 0 aromatic rings. The van der Waals surface area contributed by atoms with Gasteiger partial charge in [-0.15, -0.1) is 0 Å². The van der Waals surface area contributed by atoms with Crippen LogP contribution < -0.4 is 0 Å². The molecule has 0 amide bonds. The van der Waals surface area contributed by atoms with E-state index in [4.69, 9.17) is 0 Å². The zero-order chi connectivity index (χ0) is 33.2. The van der Waals surface area contributed by atoms with Gasteiger partial charge in [0.15, 0.2) is 0 Å². The van der Waals surface area contributed by atoms with Crippen LogP contribution in [0.15, 0.2) is 30.7 Å². The van der Waals surface area contributed by atoms with Gasteiger partial charge in [0.1, 0.15) is 11.3 Å². The van der Waals surface area contributed by atoms with Crippen LogP contribution >= 0.6 is 0 Å². The lowest BCUT2D eigenvalue weighted by Gasteiger charge is -2.45. The van der Waals surface area contributed by atoms with Crippen LogP contribution in [0.1, 0.15) is 96.8 Å². The summed E-state index contributed by atoms with van der Waals surface area (Å²) in [4.78, 5) is 0. The molecule has 0 spiro atoms. The summed E-state index contributed by atoms with van der Waals surface area (Å²) in [6.45, 7) is 1.96. The van der Waals surface area contributed by atoms with Gasteiger partial charge >= 0.3 is 0 Å². The van der Waals surface area contributed by atoms with Crippen molar-refractivity contribution in [3.8, 4) is 0 Å². The third kappa shape index (κ3) is 8.94. The standard InChI is InChI=1S/C29H50N6O9S2/c1-16-12-25(26(37)15-24(16)33-31-19-4-9-22(10-5-19)45(39,40)41)34-35-28-27(46(42,43)44)14-17-13-20(6-11-23(17)29(28)38)32-30-18-2-7-21(36)8-3-18/h16-29,36-38H,2-15H2,1H3,(H,39,40,41)(H,42,43,44). The Morgan fingerprint density at radius 2 is 1.13 bits per heavy atom. The first kappa shape index (κ1) is 35.8. The molecular formula is C29H50N6O9S2. The summed E-state index contributed by atoms with van der Waals surface area (Å²) in [5.41, 5.74) is 0. The van der Waals surface area contributed by atoms with Crippen LogP contribution in [0.3, 0.4) is 0 Å². The molecule has 0 radical (unpaired) electrons. The van der Waals surface area contributed by atoms with Gasteiger partial charge in [0, 0.05) is 0 Å². The third-order valence-corrected chi connectivity index (χ3v) is 13.7. The van der Waals surface area contributed by atoms with Crippen molar-refractivity contribution in [1.82, 2.24) is 0 Å². The van der Waals surface area contributed by atoms with E-state index >= 15 is 0 Å². The summed E-state index contributed by atoms with van der Waals surface area (Å²) in [5.74, 6) is -0.411. The van der Waals surface area contributed by atoms with Gasteiger partial charge in [-0.25, -0.2) is 0 Å². The molecule has 5 aliphatic rings. The molecule has 5 fully saturated rings. The summed E-state index contributed by atoms with van der Waals surface area (Å²) < 4.78 is 67.2. The van der Waals surface area contributed by atoms with Crippen LogP contribution in [-0.2, 0) is 20.2 Å². The first-order valence-corrected chi connectivity index (χ1v) is 19.9. The van der Waals surface area contributed by atoms with E-state index in [1.54, 1.807) is 0 Å². The molecule has 5 saturated carbocycles. The molecule has 10 unspecified atom stereocenters. The fourth-order valence-electron chi connectivity index (χ4n) is 8.22. The Morgan fingerprint density at radius 3 is 1.76 bits per heavy atom. The van der Waals surface area contributed by atoms with Crippen molar-refractivity contribution in [1.29, 1.82) is 0 Å². The molecule has 0 aliphatic heterocycles. The molecule has 262 valence electrons. The highest BCUT2D eigenvalue weighted by Gasteiger charge is 2.51. The molecular weight excluding hydrogens is 640 g/mol. The molecule has 17 heteroatoms. The summed E-state index contributed by atoms with van der Waals surface area (Å²) in [6.07, 6.45) is 5.07. The smallest absolute Gasteiger partial charge is 0.270 e. The van der Waals surface area contributed by atoms with E-state index < -0.39 is 55.0 Å². The molecule has 5 N–H and O–H groups in total. The van der Waals surface area contributed by atoms with E-state index in [0.717, 1.165) is 12.8 Å². The molecule has 0 heterocycles. The first-order valence-electron chi connectivity index (χ1n) is 16.9. The van der Waals surface area contributed by atoms with E-state index in [2.05, 4.69) is 30.7 Å². The highest BCUT2D eigenvalue weighted by Crippen LogP contribution is 2.45. The van der Waals surface area contributed by atoms with Crippen molar-refractivity contribution in [3.05, 3.63) is 0 Å². The van der Waals surface area contributed by atoms with Crippen molar-refractivity contribution < 1.29 is 41.3 Å². The number of aliphatic hydroxyl groups excluding tert-OH is 3. The Bertz CT molecular complexity index is 1330. The van der Waals surface area contributed by atoms with Gasteiger partial charge < -0.3 is 15.3 Å². The average molecular weight is 691 g/mol. The monoisotopic (exact) mass is 690 g/mol. The normalized spacial score (nSPS) is 44.9. The van der Waals surface area contributed by atoms with Crippen LogP contribution in [0.2, 0.25) is 0 Å². The minimum absolute atomic E-state index is 0.0218. The molecule has 0 saturated heterocycles. The third-order valence-electron chi connectivity index (χ3n) is 11.1. The lowest BCUT2D eigenvalue weighted by Crippen LogP contribution is -2.54. The first-order chi connectivity index (χ1) is 21.7. The number of fused-ring (bicyclic) bond motifs is 1. The van der Waals surface area contributed by atoms with Gasteiger partial charge in [-0.2, -0.15) is 47.5 Å². The van der Waals surface area contributed by atoms with Gasteiger partial charge in [-0.1, -0.05) is 6.92 Å². The molecule has 0 aromatic heterocycles. The fraction of sp³-hybridized carbons (Fsp3) is 1.00. The summed E-state index contributed by atoms with van der Waals surface area (Å²) in [5, 5.41) is 56.5. The van der Waals surface area contributed by atoms with Gasteiger partial charge in [0.2, 0.25) is 0 Å². The lowest BCUT2D eigenvalue weighted by molar-refractivity contribution is -0.00989. The zero-order valence-electron chi connectivity index (χ0n) is 26.4. The summed E-state index contributed by atoms with van der Waals surface area (Å²) >= 11 is 0. The van der Waals surface area contributed by atoms with Gasteiger partial charge in [-0.05, 0) is 108 Å². The van der Waals surface area contributed by atoms with E-state index in [0.29, 0.717) is 64.2 Å².